The first-order chi connectivity index (χ1) is 7.75. The number of azide groups is 1. The fraction of sp³-hybridized carbons (Fsp3) is 1.00. The van der Waals surface area contributed by atoms with Crippen LogP contribution in [-0.2, 0) is 10.7 Å². The molecule has 0 bridgehead atoms. The minimum absolute atomic E-state index is 1.18. The molecule has 5 nitrogen and oxygen atoms in total. The second-order valence-corrected chi connectivity index (χ2v) is 3.79. The van der Waals surface area contributed by atoms with Crippen molar-refractivity contribution < 1.29 is 43.5 Å². The van der Waals surface area contributed by atoms with Crippen LogP contribution in [0, 0.1) is 0 Å². The Morgan fingerprint density at radius 3 is 1.50 bits per heavy atom. The third-order valence-corrected chi connectivity index (χ3v) is 2.42. The van der Waals surface area contributed by atoms with E-state index < -0.39 is 33.9 Å². The van der Waals surface area contributed by atoms with E-state index in [4.69, 9.17) is 5.53 Å². The van der Waals surface area contributed by atoms with Crippen molar-refractivity contribution in [3.05, 3.63) is 10.4 Å². The lowest BCUT2D eigenvalue weighted by atomic mass is 10.1. The van der Waals surface area contributed by atoms with Crippen molar-refractivity contribution in [2.24, 2.45) is 5.11 Å². The molecule has 0 heterocycles. The maximum absolute atomic E-state index is 13.0. The molecule has 0 aromatic carbocycles. The van der Waals surface area contributed by atoms with Crippen molar-refractivity contribution in [1.82, 2.24) is 0 Å². The van der Waals surface area contributed by atoms with E-state index in [-0.39, 0.29) is 0 Å². The number of hydrogen-bond acceptors (Lipinski definition) is 3. The van der Waals surface area contributed by atoms with Crippen LogP contribution in [0.15, 0.2) is 5.11 Å². The second-order valence-electron chi connectivity index (χ2n) is 2.68. The molecule has 1 atom stereocenters. The van der Waals surface area contributed by atoms with Crippen molar-refractivity contribution in [3.8, 4) is 0 Å². The first-order valence-electron chi connectivity index (χ1n) is 3.47. The summed E-state index contributed by atoms with van der Waals surface area (Å²) in [5, 5.41) is -4.56. The topological polar surface area (TPSA) is 82.9 Å². The third kappa shape index (κ3) is 2.16. The number of nitrogens with zero attached hydrogens (tertiary/aromatic N) is 3. The van der Waals surface area contributed by atoms with E-state index in [1.54, 1.807) is 0 Å². The highest BCUT2D eigenvalue weighted by Crippen LogP contribution is 2.53. The molecule has 0 rings (SSSR count). The van der Waals surface area contributed by atoms with Crippen molar-refractivity contribution in [1.29, 1.82) is 0 Å². The van der Waals surface area contributed by atoms with Gasteiger partial charge in [0.25, 0.3) is 0 Å². The summed E-state index contributed by atoms with van der Waals surface area (Å²) in [4.78, 5) is 1.18. The van der Waals surface area contributed by atoms with Gasteiger partial charge >= 0.3 is 23.1 Å². The van der Waals surface area contributed by atoms with Gasteiger partial charge in [-0.1, -0.05) is 0 Å². The first kappa shape index (κ1) is 16.7. The Bertz CT molecular complexity index is 444. The van der Waals surface area contributed by atoms with E-state index in [9.17, 15) is 43.5 Å². The number of rotatable bonds is 4. The molecule has 0 radical (unpaired) electrons. The molecule has 0 N–H and O–H groups in total. The molecule has 14 heteroatoms. The summed E-state index contributed by atoms with van der Waals surface area (Å²) in [6, 6.07) is 0. The maximum Gasteiger partial charge on any atom is 0.460 e. The molecule has 0 aromatic rings. The van der Waals surface area contributed by atoms with Crippen LogP contribution < -0.4 is 0 Å². The molecule has 0 saturated heterocycles. The van der Waals surface area contributed by atoms with Crippen molar-refractivity contribution in [2.75, 3.05) is 0 Å². The Morgan fingerprint density at radius 1 is 0.889 bits per heavy atom. The molecule has 18 heavy (non-hydrogen) atoms. The SMILES string of the molecule is [N-]=[N+]=NC(F)([SH](=O)=O)C(F)(F)C(F)(F)C(F)(F)F. The first-order valence-corrected chi connectivity index (χ1v) is 4.65. The Morgan fingerprint density at radius 2 is 1.28 bits per heavy atom. The summed E-state index contributed by atoms with van der Waals surface area (Å²) < 4.78 is 118. The molecule has 0 aromatic heterocycles. The Kier molecular flexibility index (Phi) is 4.10. The van der Waals surface area contributed by atoms with Crippen LogP contribution in [0.3, 0.4) is 0 Å². The Hall–Kier alpha value is -1.30. The quantitative estimate of drug-likeness (QED) is 0.216. The highest BCUT2D eigenvalue weighted by molar-refractivity contribution is 7.73. The van der Waals surface area contributed by atoms with Gasteiger partial charge in [-0.05, 0) is 10.6 Å². The molecule has 0 saturated carbocycles. The zero-order chi connectivity index (χ0) is 15.0. The average molecular weight is 307 g/mol. The average Bonchev–Trinajstić information content (AvgIpc) is 2.15. The molecule has 0 aliphatic carbocycles. The van der Waals surface area contributed by atoms with Crippen molar-refractivity contribution >= 4 is 10.7 Å². The molecule has 0 fully saturated rings. The minimum atomic E-state index is -7.06. The van der Waals surface area contributed by atoms with E-state index in [0.717, 1.165) is 0 Å². The highest BCUT2D eigenvalue weighted by atomic mass is 32.2. The second kappa shape index (κ2) is 4.42. The zero-order valence-corrected chi connectivity index (χ0v) is 8.52. The minimum Gasteiger partial charge on any atom is -0.228 e. The van der Waals surface area contributed by atoms with E-state index in [0.29, 0.717) is 0 Å². The van der Waals surface area contributed by atoms with E-state index in [1.165, 1.54) is 10.0 Å². The van der Waals surface area contributed by atoms with Gasteiger partial charge in [0.1, 0.15) is 0 Å². The summed E-state index contributed by atoms with van der Waals surface area (Å²) >= 11 is 0. The zero-order valence-electron chi connectivity index (χ0n) is 7.63. The summed E-state index contributed by atoms with van der Waals surface area (Å²) in [7, 11) is -5.27. The summed E-state index contributed by atoms with van der Waals surface area (Å²) in [5.74, 6) is -13.9. The van der Waals surface area contributed by atoms with Gasteiger partial charge in [-0.3, -0.25) is 0 Å². The molecule has 106 valence electrons. The predicted molar refractivity (Wildman–Crippen MR) is 39.2 cm³/mol. The highest BCUT2D eigenvalue weighted by Gasteiger charge is 2.82. The van der Waals surface area contributed by atoms with Gasteiger partial charge in [0, 0.05) is 4.91 Å². The van der Waals surface area contributed by atoms with Gasteiger partial charge in [-0.15, -0.1) is 0 Å². The number of alkyl halides is 8. The van der Waals surface area contributed by atoms with Gasteiger partial charge in [-0.2, -0.15) is 30.7 Å². The summed E-state index contributed by atoms with van der Waals surface area (Å²) in [6.45, 7) is 0. The van der Waals surface area contributed by atoms with Crippen LogP contribution >= 0.6 is 0 Å². The van der Waals surface area contributed by atoms with Crippen LogP contribution in [0.5, 0.6) is 0 Å². The standard InChI is InChI=1S/C4HF8N3O2S/c5-1(6,3(9,10)11)2(7,8)4(12,14-15-13)18(16)17/h18H. The number of thiol groups is 1. The summed E-state index contributed by atoms with van der Waals surface area (Å²) in [5.41, 5.74) is 7.57. The van der Waals surface area contributed by atoms with Crippen LogP contribution in [0.2, 0.25) is 0 Å². The Labute approximate surface area is 93.9 Å². The molecular formula is C4HF8N3O2S. The number of halogens is 8. The fourth-order valence-corrected chi connectivity index (χ4v) is 1.13. The largest absolute Gasteiger partial charge is 0.460 e. The normalized spacial score (nSPS) is 17.2. The molecule has 0 aliphatic heterocycles. The van der Waals surface area contributed by atoms with Gasteiger partial charge in [0.2, 0.25) is 0 Å². The molecule has 0 aliphatic rings. The number of hydrogen-bond donors (Lipinski definition) is 1. The fourth-order valence-electron chi connectivity index (χ4n) is 0.651. The molecule has 0 spiro atoms. The molecular weight excluding hydrogens is 306 g/mol. The smallest absolute Gasteiger partial charge is 0.228 e. The van der Waals surface area contributed by atoms with E-state index in [1.807, 2.05) is 0 Å². The molecule has 0 amide bonds. The lowest BCUT2D eigenvalue weighted by Gasteiger charge is -2.32. The van der Waals surface area contributed by atoms with Gasteiger partial charge in [0.05, 0.1) is 0 Å². The van der Waals surface area contributed by atoms with E-state index >= 15 is 0 Å². The van der Waals surface area contributed by atoms with Crippen LogP contribution in [-0.4, -0.2) is 31.6 Å². The van der Waals surface area contributed by atoms with Crippen LogP contribution in [0.1, 0.15) is 0 Å². The van der Waals surface area contributed by atoms with Gasteiger partial charge < -0.3 is 0 Å². The van der Waals surface area contributed by atoms with Crippen molar-refractivity contribution in [2.45, 2.75) is 23.1 Å². The third-order valence-electron chi connectivity index (χ3n) is 1.57. The molecule has 1 unspecified atom stereocenters. The lowest BCUT2D eigenvalue weighted by molar-refractivity contribution is -0.369. The van der Waals surface area contributed by atoms with Crippen LogP contribution in [0.25, 0.3) is 10.4 Å². The predicted octanol–water partition coefficient (Wildman–Crippen LogP) is 2.36. The maximum atomic E-state index is 13.0. The van der Waals surface area contributed by atoms with Crippen molar-refractivity contribution in [3.63, 3.8) is 0 Å². The summed E-state index contributed by atoms with van der Waals surface area (Å²) in [6.07, 6.45) is -6.95. The monoisotopic (exact) mass is 307 g/mol. The lowest BCUT2D eigenvalue weighted by Crippen LogP contribution is -2.62. The van der Waals surface area contributed by atoms with E-state index in [2.05, 4.69) is 0 Å². The van der Waals surface area contributed by atoms with Crippen LogP contribution in [0.4, 0.5) is 35.1 Å². The Balaban J connectivity index is 6.13. The van der Waals surface area contributed by atoms with Gasteiger partial charge in [0.15, 0.2) is 10.7 Å². The van der Waals surface area contributed by atoms with Gasteiger partial charge in [-0.25, -0.2) is 12.8 Å².